The third-order valence-corrected chi connectivity index (χ3v) is 1.38. The van der Waals surface area contributed by atoms with Gasteiger partial charge in [-0.05, 0) is 6.42 Å². The lowest BCUT2D eigenvalue weighted by Gasteiger charge is -2.06. The fraction of sp³-hybridized carbons (Fsp3) is 0.857. The first-order valence-corrected chi connectivity index (χ1v) is 4.06. The van der Waals surface area contributed by atoms with Gasteiger partial charge in [0.2, 0.25) is 0 Å². The van der Waals surface area contributed by atoms with E-state index in [0.717, 1.165) is 0 Å². The number of hydrogen-bond acceptors (Lipinski definition) is 3. The number of nitrogens with two attached hydrogens (primary N) is 1. The van der Waals surface area contributed by atoms with Crippen LogP contribution in [0.1, 0.15) is 19.3 Å². The molecule has 0 aromatic heterocycles. The first-order valence-electron chi connectivity index (χ1n) is 4.06. The third-order valence-electron chi connectivity index (χ3n) is 1.38. The Morgan fingerprint density at radius 3 is 2.50 bits per heavy atom. The topological polar surface area (TPSA) is 67.8 Å². The molecule has 0 bridgehead atoms. The van der Waals surface area contributed by atoms with Crippen molar-refractivity contribution >= 4 is 5.84 Å². The summed E-state index contributed by atoms with van der Waals surface area (Å²) in [6, 6.07) is 0. The second kappa shape index (κ2) is 6.47. The number of alkyl halides is 3. The van der Waals surface area contributed by atoms with Crippen LogP contribution in [0.15, 0.2) is 5.16 Å². The Balaban J connectivity index is 3.23. The molecule has 0 amide bonds. The smallest absolute Gasteiger partial charge is 0.389 e. The van der Waals surface area contributed by atoms with Gasteiger partial charge < -0.3 is 15.7 Å². The van der Waals surface area contributed by atoms with Gasteiger partial charge in [-0.2, -0.15) is 13.2 Å². The minimum Gasteiger partial charge on any atom is -0.409 e. The van der Waals surface area contributed by atoms with Gasteiger partial charge in [-0.1, -0.05) is 5.16 Å². The number of halogens is 3. The molecule has 0 radical (unpaired) electrons. The van der Waals surface area contributed by atoms with Crippen LogP contribution in [-0.4, -0.2) is 30.4 Å². The average molecular weight is 214 g/mol. The Hall–Kier alpha value is -0.980. The van der Waals surface area contributed by atoms with E-state index >= 15 is 0 Å². The molecule has 0 aliphatic rings. The molecule has 0 aromatic carbocycles. The summed E-state index contributed by atoms with van der Waals surface area (Å²) in [5.41, 5.74) is 5.10. The Bertz CT molecular complexity index is 182. The highest BCUT2D eigenvalue weighted by Crippen LogP contribution is 2.20. The van der Waals surface area contributed by atoms with E-state index in [2.05, 4.69) is 5.16 Å². The largest absolute Gasteiger partial charge is 0.409 e. The molecular formula is C7H13F3N2O2. The molecule has 0 aliphatic heterocycles. The summed E-state index contributed by atoms with van der Waals surface area (Å²) in [6.07, 6.45) is -4.84. The Labute approximate surface area is 79.5 Å². The predicted molar refractivity (Wildman–Crippen MR) is 44.1 cm³/mol. The number of nitrogens with zero attached hydrogens (tertiary/aromatic N) is 1. The number of ether oxygens (including phenoxy) is 1. The van der Waals surface area contributed by atoms with Crippen LogP contribution >= 0.6 is 0 Å². The highest BCUT2D eigenvalue weighted by molar-refractivity contribution is 5.79. The fourth-order valence-electron chi connectivity index (χ4n) is 0.703. The standard InChI is InChI=1S/C7H13F3N2O2/c8-7(9,10)3-1-4-14-5-2-6(11)12-13/h13H,1-5H2,(H2,11,12). The van der Waals surface area contributed by atoms with Crippen molar-refractivity contribution in [2.45, 2.75) is 25.4 Å². The second-order valence-corrected chi connectivity index (χ2v) is 2.67. The van der Waals surface area contributed by atoms with Crippen molar-refractivity contribution in [3.8, 4) is 0 Å². The number of oxime groups is 1. The molecule has 0 aliphatic carbocycles. The SMILES string of the molecule is NC(CCOCCCC(F)(F)F)=NO. The van der Waals surface area contributed by atoms with Gasteiger partial charge in [-0.3, -0.25) is 0 Å². The summed E-state index contributed by atoms with van der Waals surface area (Å²) in [6.45, 7) is 0.186. The van der Waals surface area contributed by atoms with E-state index in [1.165, 1.54) is 0 Å². The fourth-order valence-corrected chi connectivity index (χ4v) is 0.703. The van der Waals surface area contributed by atoms with Gasteiger partial charge in [-0.15, -0.1) is 0 Å². The molecule has 0 heterocycles. The lowest BCUT2D eigenvalue weighted by atomic mass is 10.3. The maximum absolute atomic E-state index is 11.6. The van der Waals surface area contributed by atoms with Crippen LogP contribution < -0.4 is 5.73 Å². The molecule has 4 nitrogen and oxygen atoms in total. The molecule has 14 heavy (non-hydrogen) atoms. The maximum Gasteiger partial charge on any atom is 0.389 e. The quantitative estimate of drug-likeness (QED) is 0.231. The number of rotatable bonds is 6. The summed E-state index contributed by atoms with van der Waals surface area (Å²) in [5, 5.41) is 10.8. The summed E-state index contributed by atoms with van der Waals surface area (Å²) < 4.78 is 39.7. The molecule has 3 N–H and O–H groups in total. The summed E-state index contributed by atoms with van der Waals surface area (Å²) in [7, 11) is 0. The van der Waals surface area contributed by atoms with Crippen LogP contribution in [0.3, 0.4) is 0 Å². The summed E-state index contributed by atoms with van der Waals surface area (Å²) in [5.74, 6) is 0.000761. The van der Waals surface area contributed by atoms with Crippen LogP contribution in [-0.2, 0) is 4.74 Å². The van der Waals surface area contributed by atoms with Gasteiger partial charge in [0.05, 0.1) is 6.61 Å². The Morgan fingerprint density at radius 2 is 2.00 bits per heavy atom. The van der Waals surface area contributed by atoms with Crippen LogP contribution in [0.25, 0.3) is 0 Å². The molecule has 0 saturated carbocycles. The van der Waals surface area contributed by atoms with Gasteiger partial charge in [0, 0.05) is 19.4 Å². The predicted octanol–water partition coefficient (Wildman–Crippen LogP) is 1.48. The van der Waals surface area contributed by atoms with Crippen molar-refractivity contribution in [2.75, 3.05) is 13.2 Å². The minimum atomic E-state index is -4.13. The van der Waals surface area contributed by atoms with E-state index in [4.69, 9.17) is 15.7 Å². The highest BCUT2D eigenvalue weighted by atomic mass is 19.4. The second-order valence-electron chi connectivity index (χ2n) is 2.67. The monoisotopic (exact) mass is 214 g/mol. The summed E-state index contributed by atoms with van der Waals surface area (Å²) >= 11 is 0. The first kappa shape index (κ1) is 13.0. The van der Waals surface area contributed by atoms with E-state index in [-0.39, 0.29) is 31.9 Å². The zero-order chi connectivity index (χ0) is 11.0. The van der Waals surface area contributed by atoms with Crippen molar-refractivity contribution < 1.29 is 23.1 Å². The third kappa shape index (κ3) is 9.11. The molecule has 0 saturated heterocycles. The van der Waals surface area contributed by atoms with Gasteiger partial charge in [0.15, 0.2) is 0 Å². The average Bonchev–Trinajstić information content (AvgIpc) is 2.08. The zero-order valence-electron chi connectivity index (χ0n) is 7.55. The van der Waals surface area contributed by atoms with Crippen molar-refractivity contribution in [1.82, 2.24) is 0 Å². The Kier molecular flexibility index (Phi) is 6.02. The number of hydrogen-bond donors (Lipinski definition) is 2. The molecule has 0 unspecified atom stereocenters. The molecule has 84 valence electrons. The molecule has 0 fully saturated rings. The van der Waals surface area contributed by atoms with E-state index < -0.39 is 12.6 Å². The number of amidine groups is 1. The van der Waals surface area contributed by atoms with Crippen molar-refractivity contribution in [3.05, 3.63) is 0 Å². The van der Waals surface area contributed by atoms with Crippen molar-refractivity contribution in [1.29, 1.82) is 0 Å². The first-order chi connectivity index (χ1) is 6.45. The minimum absolute atomic E-state index is 0.000761. The van der Waals surface area contributed by atoms with E-state index in [1.807, 2.05) is 0 Å². The van der Waals surface area contributed by atoms with E-state index in [9.17, 15) is 13.2 Å². The molecule has 7 heteroatoms. The molecule has 0 atom stereocenters. The molecule has 0 rings (SSSR count). The highest BCUT2D eigenvalue weighted by Gasteiger charge is 2.25. The summed E-state index contributed by atoms with van der Waals surface area (Å²) in [4.78, 5) is 0. The van der Waals surface area contributed by atoms with Crippen LogP contribution in [0.4, 0.5) is 13.2 Å². The van der Waals surface area contributed by atoms with Crippen molar-refractivity contribution in [3.63, 3.8) is 0 Å². The van der Waals surface area contributed by atoms with Gasteiger partial charge in [-0.25, -0.2) is 0 Å². The Morgan fingerprint density at radius 1 is 1.36 bits per heavy atom. The maximum atomic E-state index is 11.6. The molecular weight excluding hydrogens is 201 g/mol. The van der Waals surface area contributed by atoms with Crippen LogP contribution in [0.5, 0.6) is 0 Å². The lowest BCUT2D eigenvalue weighted by molar-refractivity contribution is -0.137. The zero-order valence-corrected chi connectivity index (χ0v) is 7.55. The van der Waals surface area contributed by atoms with Crippen molar-refractivity contribution in [2.24, 2.45) is 10.9 Å². The van der Waals surface area contributed by atoms with Crippen LogP contribution in [0, 0.1) is 0 Å². The lowest BCUT2D eigenvalue weighted by Crippen LogP contribution is -2.15. The van der Waals surface area contributed by atoms with E-state index in [0.29, 0.717) is 0 Å². The molecule has 0 spiro atoms. The van der Waals surface area contributed by atoms with Gasteiger partial charge >= 0.3 is 6.18 Å². The van der Waals surface area contributed by atoms with Gasteiger partial charge in [0.25, 0.3) is 0 Å². The van der Waals surface area contributed by atoms with Crippen LogP contribution in [0.2, 0.25) is 0 Å². The molecule has 0 aromatic rings. The van der Waals surface area contributed by atoms with Gasteiger partial charge in [0.1, 0.15) is 5.84 Å². The normalized spacial score (nSPS) is 13.2. The van der Waals surface area contributed by atoms with E-state index in [1.54, 1.807) is 0 Å².